The van der Waals surface area contributed by atoms with Crippen molar-refractivity contribution in [2.24, 2.45) is 0 Å². The molecule has 0 aliphatic heterocycles. The Kier molecular flexibility index (Phi) is 6.28. The highest BCUT2D eigenvalue weighted by Gasteiger charge is 2.11. The number of nitrogen functional groups attached to an aromatic ring is 1. The Bertz CT molecular complexity index is 1020. The highest BCUT2D eigenvalue weighted by atomic mass is 32.2. The number of nitrogens with one attached hydrogen (secondary N) is 2. The van der Waals surface area contributed by atoms with E-state index >= 15 is 0 Å². The molecule has 1 amide bonds. The van der Waals surface area contributed by atoms with Gasteiger partial charge in [-0.2, -0.15) is 0 Å². The van der Waals surface area contributed by atoms with Gasteiger partial charge in [-0.05, 0) is 23.8 Å². The number of para-hydroxylation sites is 1. The predicted molar refractivity (Wildman–Crippen MR) is 108 cm³/mol. The van der Waals surface area contributed by atoms with E-state index in [1.54, 1.807) is 31.4 Å². The number of ether oxygens (including phenoxy) is 1. The Morgan fingerprint density at radius 1 is 1.18 bits per heavy atom. The van der Waals surface area contributed by atoms with Crippen molar-refractivity contribution in [1.29, 1.82) is 0 Å². The molecule has 0 spiro atoms. The number of aromatic amines is 1. The van der Waals surface area contributed by atoms with Crippen molar-refractivity contribution in [3.63, 3.8) is 0 Å². The van der Waals surface area contributed by atoms with Crippen molar-refractivity contribution >= 4 is 23.4 Å². The quantitative estimate of drug-likeness (QED) is 0.410. The van der Waals surface area contributed by atoms with Crippen LogP contribution in [0.15, 0.2) is 58.5 Å². The van der Waals surface area contributed by atoms with Crippen LogP contribution in [0.3, 0.4) is 0 Å². The molecule has 1 aromatic heterocycles. The first-order valence-corrected chi connectivity index (χ1v) is 9.39. The molecular formula is C19H19N5O3S. The summed E-state index contributed by atoms with van der Waals surface area (Å²) in [7, 11) is 1.60. The second-order valence-electron chi connectivity index (χ2n) is 5.81. The molecule has 2 aromatic carbocycles. The number of aromatic nitrogens is 3. The Hall–Kier alpha value is -3.33. The number of nitrogens with zero attached hydrogens (tertiary/aromatic N) is 2. The normalized spacial score (nSPS) is 10.5. The first-order chi connectivity index (χ1) is 13.6. The zero-order valence-electron chi connectivity index (χ0n) is 15.1. The minimum atomic E-state index is -0.408. The molecular weight excluding hydrogens is 378 g/mol. The van der Waals surface area contributed by atoms with Gasteiger partial charge in [-0.25, -0.2) is 0 Å². The first kappa shape index (κ1) is 19.4. The molecule has 0 bridgehead atoms. The molecule has 28 heavy (non-hydrogen) atoms. The molecule has 0 radical (unpaired) electrons. The van der Waals surface area contributed by atoms with Gasteiger partial charge in [-0.1, -0.05) is 42.1 Å². The Morgan fingerprint density at radius 2 is 1.93 bits per heavy atom. The lowest BCUT2D eigenvalue weighted by Crippen LogP contribution is -2.25. The molecule has 0 unspecified atom stereocenters. The summed E-state index contributed by atoms with van der Waals surface area (Å²) in [5.74, 6) is 0.682. The lowest BCUT2D eigenvalue weighted by atomic mass is 10.1. The van der Waals surface area contributed by atoms with Crippen LogP contribution in [0.2, 0.25) is 0 Å². The number of rotatable bonds is 7. The van der Waals surface area contributed by atoms with E-state index < -0.39 is 5.56 Å². The molecule has 0 atom stereocenters. The average molecular weight is 397 g/mol. The number of benzene rings is 2. The molecule has 0 aliphatic carbocycles. The van der Waals surface area contributed by atoms with E-state index in [1.165, 1.54) is 0 Å². The zero-order chi connectivity index (χ0) is 19.9. The highest BCUT2D eigenvalue weighted by Crippen LogP contribution is 2.20. The summed E-state index contributed by atoms with van der Waals surface area (Å²) in [6.07, 6.45) is 0. The second kappa shape index (κ2) is 9.05. The fourth-order valence-corrected chi connectivity index (χ4v) is 3.04. The molecule has 0 saturated heterocycles. The maximum Gasteiger partial charge on any atom is 0.278 e. The van der Waals surface area contributed by atoms with Crippen molar-refractivity contribution in [3.8, 4) is 17.0 Å². The smallest absolute Gasteiger partial charge is 0.278 e. The van der Waals surface area contributed by atoms with Gasteiger partial charge in [0.1, 0.15) is 5.75 Å². The third-order valence-corrected chi connectivity index (χ3v) is 4.74. The van der Waals surface area contributed by atoms with E-state index in [9.17, 15) is 9.59 Å². The monoisotopic (exact) mass is 397 g/mol. The van der Waals surface area contributed by atoms with Gasteiger partial charge >= 0.3 is 0 Å². The second-order valence-corrected chi connectivity index (χ2v) is 6.77. The zero-order valence-corrected chi connectivity index (χ0v) is 16.0. The topological polar surface area (TPSA) is 123 Å². The van der Waals surface area contributed by atoms with Gasteiger partial charge < -0.3 is 15.8 Å². The van der Waals surface area contributed by atoms with E-state index in [2.05, 4.69) is 20.5 Å². The summed E-state index contributed by atoms with van der Waals surface area (Å²) in [5, 5.41) is 11.0. The summed E-state index contributed by atoms with van der Waals surface area (Å²) >= 11 is 1.10. The molecule has 0 saturated carbocycles. The fourth-order valence-electron chi connectivity index (χ4n) is 2.40. The van der Waals surface area contributed by atoms with Gasteiger partial charge in [0, 0.05) is 17.8 Å². The molecule has 4 N–H and O–H groups in total. The van der Waals surface area contributed by atoms with Gasteiger partial charge in [0.15, 0.2) is 10.9 Å². The molecule has 8 nitrogen and oxygen atoms in total. The van der Waals surface area contributed by atoms with Gasteiger partial charge in [-0.15, -0.1) is 10.2 Å². The number of thioether (sulfide) groups is 1. The molecule has 144 valence electrons. The van der Waals surface area contributed by atoms with Crippen molar-refractivity contribution in [3.05, 3.63) is 64.4 Å². The van der Waals surface area contributed by atoms with Crippen LogP contribution in [0.5, 0.6) is 5.75 Å². The van der Waals surface area contributed by atoms with E-state index in [0.717, 1.165) is 23.1 Å². The highest BCUT2D eigenvalue weighted by molar-refractivity contribution is 7.99. The maximum absolute atomic E-state index is 12.3. The van der Waals surface area contributed by atoms with Gasteiger partial charge in [0.2, 0.25) is 5.91 Å². The van der Waals surface area contributed by atoms with Crippen LogP contribution in [0, 0.1) is 0 Å². The van der Waals surface area contributed by atoms with Crippen LogP contribution >= 0.6 is 11.8 Å². The molecule has 3 rings (SSSR count). The number of hydrogen-bond donors (Lipinski definition) is 3. The van der Waals surface area contributed by atoms with Crippen molar-refractivity contribution in [1.82, 2.24) is 20.5 Å². The Morgan fingerprint density at radius 3 is 2.61 bits per heavy atom. The summed E-state index contributed by atoms with van der Waals surface area (Å²) in [5.41, 5.74) is 7.53. The standard InChI is InChI=1S/C19H19N5O3S/c1-27-13-8-6-12(7-9-13)10-21-16(25)11-28-19-22-18(26)17(23-24-19)14-4-2-3-5-15(14)20/h2-9H,10-11,20H2,1H3,(H,21,25)(H,22,24,26). The predicted octanol–water partition coefficient (Wildman–Crippen LogP) is 1.83. The van der Waals surface area contributed by atoms with Crippen molar-refractivity contribution in [2.45, 2.75) is 11.7 Å². The number of carbonyl (C=O) groups excluding carboxylic acids is 1. The van der Waals surface area contributed by atoms with Crippen molar-refractivity contribution in [2.75, 3.05) is 18.6 Å². The maximum atomic E-state index is 12.3. The molecule has 3 aromatic rings. The van der Waals surface area contributed by atoms with Crippen LogP contribution in [0.4, 0.5) is 5.69 Å². The Labute approximate surface area is 165 Å². The van der Waals surface area contributed by atoms with E-state index in [-0.39, 0.29) is 22.5 Å². The first-order valence-electron chi connectivity index (χ1n) is 8.41. The molecule has 9 heteroatoms. The number of carbonyl (C=O) groups is 1. The van der Waals surface area contributed by atoms with Crippen LogP contribution in [0.25, 0.3) is 11.3 Å². The van der Waals surface area contributed by atoms with Crippen molar-refractivity contribution < 1.29 is 9.53 Å². The molecule has 0 fully saturated rings. The summed E-state index contributed by atoms with van der Waals surface area (Å²) in [4.78, 5) is 26.9. The third kappa shape index (κ3) is 4.89. The molecule has 1 heterocycles. The number of hydrogen-bond acceptors (Lipinski definition) is 7. The summed E-state index contributed by atoms with van der Waals surface area (Å²) < 4.78 is 5.10. The van der Waals surface area contributed by atoms with Crippen LogP contribution in [-0.2, 0) is 11.3 Å². The Balaban J connectivity index is 1.55. The van der Waals surface area contributed by atoms with Crippen LogP contribution < -0.4 is 21.3 Å². The van der Waals surface area contributed by atoms with E-state index in [0.29, 0.717) is 17.8 Å². The largest absolute Gasteiger partial charge is 0.497 e. The van der Waals surface area contributed by atoms with E-state index in [1.807, 2.05) is 24.3 Å². The third-order valence-electron chi connectivity index (χ3n) is 3.88. The van der Waals surface area contributed by atoms with E-state index in [4.69, 9.17) is 10.5 Å². The van der Waals surface area contributed by atoms with Gasteiger partial charge in [-0.3, -0.25) is 14.6 Å². The summed E-state index contributed by atoms with van der Waals surface area (Å²) in [6, 6.07) is 14.3. The lowest BCUT2D eigenvalue weighted by Gasteiger charge is -2.06. The summed E-state index contributed by atoms with van der Waals surface area (Å²) in [6.45, 7) is 0.401. The lowest BCUT2D eigenvalue weighted by molar-refractivity contribution is -0.118. The molecule has 0 aliphatic rings. The fraction of sp³-hybridized carbons (Fsp3) is 0.158. The van der Waals surface area contributed by atoms with Gasteiger partial charge in [0.05, 0.1) is 12.9 Å². The minimum Gasteiger partial charge on any atom is -0.497 e. The minimum absolute atomic E-state index is 0.105. The number of amides is 1. The van der Waals surface area contributed by atoms with Crippen LogP contribution in [-0.4, -0.2) is 34.0 Å². The van der Waals surface area contributed by atoms with Gasteiger partial charge in [0.25, 0.3) is 5.56 Å². The number of nitrogens with two attached hydrogens (primary N) is 1. The number of methoxy groups -OCH3 is 1. The SMILES string of the molecule is COc1ccc(CNC(=O)CSc2nnc(-c3ccccc3N)c(=O)[nH]2)cc1. The van der Waals surface area contributed by atoms with Crippen LogP contribution in [0.1, 0.15) is 5.56 Å². The average Bonchev–Trinajstić information content (AvgIpc) is 2.72. The number of anilines is 1. The number of H-pyrrole nitrogens is 1.